The van der Waals surface area contributed by atoms with Gasteiger partial charge in [-0.2, -0.15) is 8.61 Å². The maximum atomic E-state index is 14.9. The van der Waals surface area contributed by atoms with Crippen LogP contribution < -0.4 is 0 Å². The fraction of sp³-hybridized carbons (Fsp3) is 0.394. The van der Waals surface area contributed by atoms with Gasteiger partial charge in [0, 0.05) is 6.54 Å². The van der Waals surface area contributed by atoms with E-state index in [2.05, 4.69) is 0 Å². The van der Waals surface area contributed by atoms with E-state index in [0.29, 0.717) is 5.56 Å². The minimum absolute atomic E-state index is 0.0129. The van der Waals surface area contributed by atoms with Crippen molar-refractivity contribution in [3.05, 3.63) is 95.6 Å². The zero-order valence-electron chi connectivity index (χ0n) is 25.8. The van der Waals surface area contributed by atoms with Crippen molar-refractivity contribution in [3.8, 4) is 0 Å². The number of hydrogen-bond acceptors (Lipinski definition) is 8. The van der Waals surface area contributed by atoms with Gasteiger partial charge in [0.05, 0.1) is 34.6 Å². The van der Waals surface area contributed by atoms with E-state index >= 15 is 0 Å². The first-order chi connectivity index (χ1) is 21.4. The highest BCUT2D eigenvalue weighted by Gasteiger charge is 2.80. The molecule has 3 aromatic rings. The molecule has 0 bridgehead atoms. The van der Waals surface area contributed by atoms with Crippen molar-refractivity contribution in [2.45, 2.75) is 73.9 Å². The molecule has 0 saturated carbocycles. The van der Waals surface area contributed by atoms with Crippen LogP contribution in [0, 0.1) is 13.8 Å². The molecule has 5 rings (SSSR count). The van der Waals surface area contributed by atoms with Gasteiger partial charge in [-0.25, -0.2) is 26.4 Å². The number of esters is 2. The van der Waals surface area contributed by atoms with Crippen LogP contribution in [-0.2, 0) is 39.1 Å². The van der Waals surface area contributed by atoms with Crippen LogP contribution in [0.3, 0.4) is 0 Å². The van der Waals surface area contributed by atoms with E-state index in [1.54, 1.807) is 68.4 Å². The summed E-state index contributed by atoms with van der Waals surface area (Å²) in [6.07, 6.45) is 0.0926. The van der Waals surface area contributed by atoms with Gasteiger partial charge in [-0.05, 0) is 76.8 Å². The lowest BCUT2D eigenvalue weighted by Crippen LogP contribution is -2.73. The summed E-state index contributed by atoms with van der Waals surface area (Å²) in [7, 11) is -9.04. The van der Waals surface area contributed by atoms with Crippen LogP contribution in [0.1, 0.15) is 55.8 Å². The maximum absolute atomic E-state index is 14.9. The number of nitrogens with zero attached hydrogens (tertiary/aromatic N) is 2. The molecule has 12 heteroatoms. The Labute approximate surface area is 265 Å². The summed E-state index contributed by atoms with van der Waals surface area (Å²) in [5.41, 5.74) is -2.45. The molecule has 0 aromatic heterocycles. The second kappa shape index (κ2) is 12.3. The van der Waals surface area contributed by atoms with Gasteiger partial charge in [-0.3, -0.25) is 0 Å². The lowest BCUT2D eigenvalue weighted by atomic mass is 9.75. The third-order valence-corrected chi connectivity index (χ3v) is 12.7. The van der Waals surface area contributed by atoms with Gasteiger partial charge < -0.3 is 9.47 Å². The summed E-state index contributed by atoms with van der Waals surface area (Å²) in [5, 5.41) is 0. The average molecular weight is 655 g/mol. The van der Waals surface area contributed by atoms with Crippen LogP contribution in [-0.4, -0.2) is 68.2 Å². The van der Waals surface area contributed by atoms with Crippen LogP contribution in [0.25, 0.3) is 0 Å². The highest BCUT2D eigenvalue weighted by Crippen LogP contribution is 2.60. The Bertz CT molecular complexity index is 1760. The number of rotatable bonds is 9. The van der Waals surface area contributed by atoms with Crippen molar-refractivity contribution in [3.63, 3.8) is 0 Å². The van der Waals surface area contributed by atoms with Crippen molar-refractivity contribution in [1.29, 1.82) is 0 Å². The molecule has 3 aromatic carbocycles. The highest BCUT2D eigenvalue weighted by atomic mass is 32.2. The molecular formula is C33H38N2O8S2. The quantitative estimate of drug-likeness (QED) is 0.243. The van der Waals surface area contributed by atoms with Crippen LogP contribution in [0.4, 0.5) is 0 Å². The Morgan fingerprint density at radius 2 is 1.24 bits per heavy atom. The van der Waals surface area contributed by atoms with E-state index in [0.717, 1.165) is 19.7 Å². The molecule has 45 heavy (non-hydrogen) atoms. The molecule has 0 amide bonds. The highest BCUT2D eigenvalue weighted by molar-refractivity contribution is 7.89. The van der Waals surface area contributed by atoms with Crippen LogP contribution in [0.2, 0.25) is 0 Å². The summed E-state index contributed by atoms with van der Waals surface area (Å²) >= 11 is 0. The van der Waals surface area contributed by atoms with E-state index in [4.69, 9.17) is 9.47 Å². The zero-order valence-corrected chi connectivity index (χ0v) is 27.4. The molecule has 1 spiro atoms. The minimum atomic E-state index is -4.68. The molecule has 0 aliphatic carbocycles. The molecule has 0 N–H and O–H groups in total. The summed E-state index contributed by atoms with van der Waals surface area (Å²) in [5.74, 6) is -2.35. The fourth-order valence-corrected chi connectivity index (χ4v) is 10.6. The first kappa shape index (κ1) is 32.8. The summed E-state index contributed by atoms with van der Waals surface area (Å²) in [6.45, 7) is 6.31. The van der Waals surface area contributed by atoms with Crippen LogP contribution >= 0.6 is 0 Å². The number of benzene rings is 3. The Morgan fingerprint density at radius 1 is 0.756 bits per heavy atom. The van der Waals surface area contributed by atoms with Gasteiger partial charge in [0.25, 0.3) is 5.54 Å². The van der Waals surface area contributed by atoms with E-state index in [1.165, 1.54) is 24.3 Å². The molecule has 10 nitrogen and oxygen atoms in total. The molecular weight excluding hydrogens is 617 g/mol. The van der Waals surface area contributed by atoms with Gasteiger partial charge in [0.1, 0.15) is 0 Å². The van der Waals surface area contributed by atoms with Crippen molar-refractivity contribution in [2.24, 2.45) is 0 Å². The lowest BCUT2D eigenvalue weighted by molar-refractivity contribution is -0.176. The van der Waals surface area contributed by atoms with Gasteiger partial charge in [0.2, 0.25) is 20.0 Å². The Morgan fingerprint density at radius 3 is 1.73 bits per heavy atom. The number of carbonyl (C=O) groups excluding carboxylic acids is 2. The molecule has 240 valence electrons. The second-order valence-electron chi connectivity index (χ2n) is 11.4. The van der Waals surface area contributed by atoms with Crippen LogP contribution in [0.15, 0.2) is 88.7 Å². The standard InChI is InChI=1S/C33H38N2O8S2/c1-5-42-30(36)33(31(37)43-6-2)32(21-10-22-34(32)44(38,39)27-17-13-24(3)14-18-27)23-29(26-11-8-7-9-12-26)35(33)45(40,41)28-19-15-25(4)16-20-28/h7-9,11-20,29H,5-6,10,21-23H2,1-4H3/t29-,32+/m1/s1. The minimum Gasteiger partial charge on any atom is -0.464 e. The van der Waals surface area contributed by atoms with Crippen molar-refractivity contribution < 1.29 is 35.9 Å². The summed E-state index contributed by atoms with van der Waals surface area (Å²) < 4.78 is 72.0. The summed E-state index contributed by atoms with van der Waals surface area (Å²) in [6, 6.07) is 19.8. The van der Waals surface area contributed by atoms with Crippen molar-refractivity contribution in [1.82, 2.24) is 8.61 Å². The normalized spacial score (nSPS) is 22.0. The Kier molecular flexibility index (Phi) is 8.98. The maximum Gasteiger partial charge on any atom is 0.341 e. The van der Waals surface area contributed by atoms with Gasteiger partial charge in [-0.1, -0.05) is 65.7 Å². The van der Waals surface area contributed by atoms with Gasteiger partial charge in [-0.15, -0.1) is 0 Å². The molecule has 2 fully saturated rings. The van der Waals surface area contributed by atoms with E-state index in [-0.39, 0.29) is 48.8 Å². The topological polar surface area (TPSA) is 127 Å². The van der Waals surface area contributed by atoms with Crippen LogP contribution in [0.5, 0.6) is 0 Å². The lowest BCUT2D eigenvalue weighted by Gasteiger charge is -2.46. The smallest absolute Gasteiger partial charge is 0.341 e. The Balaban J connectivity index is 1.89. The first-order valence-electron chi connectivity index (χ1n) is 15.0. The van der Waals surface area contributed by atoms with Crippen molar-refractivity contribution >= 4 is 32.0 Å². The van der Waals surface area contributed by atoms with Gasteiger partial charge >= 0.3 is 11.9 Å². The first-order valence-corrected chi connectivity index (χ1v) is 17.9. The zero-order chi connectivity index (χ0) is 32.6. The third kappa shape index (κ3) is 5.17. The van der Waals surface area contributed by atoms with Crippen molar-refractivity contribution in [2.75, 3.05) is 19.8 Å². The summed E-state index contributed by atoms with van der Waals surface area (Å²) in [4.78, 5) is 28.9. The molecule has 0 radical (unpaired) electrons. The Hall–Kier alpha value is -3.58. The molecule has 2 aliphatic heterocycles. The third-order valence-electron chi connectivity index (χ3n) is 8.76. The number of hydrogen-bond donors (Lipinski definition) is 0. The number of sulfonamides is 2. The number of aryl methyl sites for hydroxylation is 2. The molecule has 2 aliphatic rings. The van der Waals surface area contributed by atoms with E-state index < -0.39 is 49.1 Å². The molecule has 2 atom stereocenters. The number of carbonyl (C=O) groups is 2. The monoisotopic (exact) mass is 654 g/mol. The molecule has 2 saturated heterocycles. The van der Waals surface area contributed by atoms with Gasteiger partial charge in [0.15, 0.2) is 0 Å². The predicted octanol–water partition coefficient (Wildman–Crippen LogP) is 4.53. The number of ether oxygens (including phenoxy) is 2. The largest absolute Gasteiger partial charge is 0.464 e. The average Bonchev–Trinajstić information content (AvgIpc) is 3.59. The van der Waals surface area contributed by atoms with E-state index in [1.807, 2.05) is 13.8 Å². The molecule has 2 heterocycles. The molecule has 0 unspecified atom stereocenters. The second-order valence-corrected chi connectivity index (χ2v) is 15.1. The SMILES string of the molecule is CCOC(=O)C1(C(=O)OCC)N(S(=O)(=O)c2ccc(C)cc2)[C@@H](c2ccccc2)C[C@@]12CCCN2S(=O)(=O)c1ccc(C)cc1. The fourth-order valence-electron chi connectivity index (χ4n) is 6.81. The van der Waals surface area contributed by atoms with E-state index in [9.17, 15) is 26.4 Å². The predicted molar refractivity (Wildman–Crippen MR) is 167 cm³/mol.